The van der Waals surface area contributed by atoms with E-state index in [1.165, 1.54) is 0 Å². The van der Waals surface area contributed by atoms with Gasteiger partial charge in [0.25, 0.3) is 0 Å². The number of hydrogen-bond acceptors (Lipinski definition) is 2. The molecule has 88 valence electrons. The molecule has 2 rings (SSSR count). The quantitative estimate of drug-likeness (QED) is 0.821. The summed E-state index contributed by atoms with van der Waals surface area (Å²) >= 11 is 0. The first-order valence-corrected chi connectivity index (χ1v) is 5.78. The predicted molar refractivity (Wildman–Crippen MR) is 61.1 cm³/mol. The van der Waals surface area contributed by atoms with Gasteiger partial charge >= 0.3 is 5.97 Å². The fourth-order valence-corrected chi connectivity index (χ4v) is 2.36. The molecule has 0 spiro atoms. The minimum atomic E-state index is -0.664. The van der Waals surface area contributed by atoms with Gasteiger partial charge in [0, 0.05) is 24.5 Å². The minimum Gasteiger partial charge on any atom is -0.481 e. The molecule has 0 bridgehead atoms. The van der Waals surface area contributed by atoms with Gasteiger partial charge in [-0.3, -0.25) is 9.69 Å². The molecule has 4 heteroatoms. The third-order valence-electron chi connectivity index (χ3n) is 3.42. The fraction of sp³-hybridized carbons (Fsp3) is 0.583. The SMILES string of the molecule is C[C@H](c1ccc[nH]1)N1CCC[C@@H](C(=O)O)C1. The van der Waals surface area contributed by atoms with Gasteiger partial charge in [-0.05, 0) is 38.4 Å². The van der Waals surface area contributed by atoms with Gasteiger partial charge < -0.3 is 10.1 Å². The number of rotatable bonds is 3. The fourth-order valence-electron chi connectivity index (χ4n) is 2.36. The molecule has 2 atom stereocenters. The number of carboxylic acid groups (broad SMARTS) is 1. The number of H-pyrrole nitrogens is 1. The van der Waals surface area contributed by atoms with Gasteiger partial charge in [-0.1, -0.05) is 0 Å². The third-order valence-corrected chi connectivity index (χ3v) is 3.42. The molecule has 1 aromatic rings. The van der Waals surface area contributed by atoms with Crippen molar-refractivity contribution in [2.45, 2.75) is 25.8 Å². The number of aromatic nitrogens is 1. The summed E-state index contributed by atoms with van der Waals surface area (Å²) in [5.74, 6) is -0.866. The van der Waals surface area contributed by atoms with E-state index in [1.807, 2.05) is 12.3 Å². The van der Waals surface area contributed by atoms with E-state index < -0.39 is 5.97 Å². The summed E-state index contributed by atoms with van der Waals surface area (Å²) in [6.07, 6.45) is 3.69. The van der Waals surface area contributed by atoms with E-state index in [-0.39, 0.29) is 12.0 Å². The summed E-state index contributed by atoms with van der Waals surface area (Å²) in [4.78, 5) is 16.4. The number of likely N-dealkylation sites (tertiary alicyclic amines) is 1. The molecule has 1 aliphatic rings. The van der Waals surface area contributed by atoms with Crippen molar-refractivity contribution in [3.8, 4) is 0 Å². The van der Waals surface area contributed by atoms with Crippen molar-refractivity contribution >= 4 is 5.97 Å². The van der Waals surface area contributed by atoms with Crippen LogP contribution in [-0.4, -0.2) is 34.0 Å². The number of aromatic amines is 1. The van der Waals surface area contributed by atoms with Gasteiger partial charge in [0.05, 0.1) is 5.92 Å². The molecular formula is C12H18N2O2. The van der Waals surface area contributed by atoms with Crippen LogP contribution < -0.4 is 0 Å². The topological polar surface area (TPSA) is 56.3 Å². The Kier molecular flexibility index (Phi) is 3.29. The number of piperidine rings is 1. The summed E-state index contributed by atoms with van der Waals surface area (Å²) in [6.45, 7) is 3.77. The number of nitrogens with zero attached hydrogens (tertiary/aromatic N) is 1. The maximum absolute atomic E-state index is 11.0. The Bertz CT molecular complexity index is 348. The predicted octanol–water partition coefficient (Wildman–Crippen LogP) is 1.87. The second-order valence-corrected chi connectivity index (χ2v) is 4.47. The second-order valence-electron chi connectivity index (χ2n) is 4.47. The van der Waals surface area contributed by atoms with E-state index in [1.54, 1.807) is 0 Å². The van der Waals surface area contributed by atoms with E-state index in [0.29, 0.717) is 6.54 Å². The van der Waals surface area contributed by atoms with Crippen LogP contribution in [0.1, 0.15) is 31.5 Å². The Hall–Kier alpha value is -1.29. The van der Waals surface area contributed by atoms with E-state index in [4.69, 9.17) is 5.11 Å². The highest BCUT2D eigenvalue weighted by Crippen LogP contribution is 2.25. The molecule has 0 saturated carbocycles. The van der Waals surface area contributed by atoms with Gasteiger partial charge in [-0.25, -0.2) is 0 Å². The lowest BCUT2D eigenvalue weighted by molar-refractivity contribution is -0.143. The Labute approximate surface area is 95.3 Å². The van der Waals surface area contributed by atoms with Crippen LogP contribution in [0.25, 0.3) is 0 Å². The van der Waals surface area contributed by atoms with Crippen LogP contribution in [0.15, 0.2) is 18.3 Å². The Morgan fingerprint density at radius 3 is 3.12 bits per heavy atom. The molecule has 1 aliphatic heterocycles. The average molecular weight is 222 g/mol. The third kappa shape index (κ3) is 2.27. The Morgan fingerprint density at radius 1 is 1.69 bits per heavy atom. The zero-order valence-corrected chi connectivity index (χ0v) is 9.52. The van der Waals surface area contributed by atoms with Crippen molar-refractivity contribution in [3.05, 3.63) is 24.0 Å². The monoisotopic (exact) mass is 222 g/mol. The molecule has 2 N–H and O–H groups in total. The van der Waals surface area contributed by atoms with Crippen molar-refractivity contribution in [3.63, 3.8) is 0 Å². The molecule has 4 nitrogen and oxygen atoms in total. The highest BCUT2D eigenvalue weighted by atomic mass is 16.4. The zero-order chi connectivity index (χ0) is 11.5. The lowest BCUT2D eigenvalue weighted by Crippen LogP contribution is -2.40. The summed E-state index contributed by atoms with van der Waals surface area (Å²) in [6, 6.07) is 4.30. The van der Waals surface area contributed by atoms with Crippen LogP contribution in [0.3, 0.4) is 0 Å². The van der Waals surface area contributed by atoms with Crippen LogP contribution in [-0.2, 0) is 4.79 Å². The maximum atomic E-state index is 11.0. The molecule has 0 aliphatic carbocycles. The lowest BCUT2D eigenvalue weighted by atomic mass is 9.96. The number of aliphatic carboxylic acids is 1. The normalized spacial score (nSPS) is 24.2. The molecule has 16 heavy (non-hydrogen) atoms. The summed E-state index contributed by atoms with van der Waals surface area (Å²) < 4.78 is 0. The molecule has 0 unspecified atom stereocenters. The zero-order valence-electron chi connectivity index (χ0n) is 9.52. The van der Waals surface area contributed by atoms with E-state index in [9.17, 15) is 4.79 Å². The Morgan fingerprint density at radius 2 is 2.50 bits per heavy atom. The first-order valence-electron chi connectivity index (χ1n) is 5.78. The van der Waals surface area contributed by atoms with Gasteiger partial charge in [-0.15, -0.1) is 0 Å². The molecule has 1 aromatic heterocycles. The molecule has 1 saturated heterocycles. The van der Waals surface area contributed by atoms with Crippen molar-refractivity contribution in [2.24, 2.45) is 5.92 Å². The van der Waals surface area contributed by atoms with Crippen molar-refractivity contribution < 1.29 is 9.90 Å². The van der Waals surface area contributed by atoms with Crippen LogP contribution in [0.4, 0.5) is 0 Å². The van der Waals surface area contributed by atoms with Crippen molar-refractivity contribution in [1.29, 1.82) is 0 Å². The van der Waals surface area contributed by atoms with E-state index >= 15 is 0 Å². The van der Waals surface area contributed by atoms with Crippen LogP contribution in [0.5, 0.6) is 0 Å². The van der Waals surface area contributed by atoms with Gasteiger partial charge in [-0.2, -0.15) is 0 Å². The van der Waals surface area contributed by atoms with E-state index in [0.717, 1.165) is 25.1 Å². The number of carboxylic acids is 1. The molecular weight excluding hydrogens is 204 g/mol. The molecule has 0 radical (unpaired) electrons. The van der Waals surface area contributed by atoms with Crippen LogP contribution in [0, 0.1) is 5.92 Å². The summed E-state index contributed by atoms with van der Waals surface area (Å²) in [7, 11) is 0. The van der Waals surface area contributed by atoms with Gasteiger partial charge in [0.15, 0.2) is 0 Å². The number of hydrogen-bond donors (Lipinski definition) is 2. The summed E-state index contributed by atoms with van der Waals surface area (Å²) in [5, 5.41) is 9.03. The van der Waals surface area contributed by atoms with Crippen LogP contribution >= 0.6 is 0 Å². The molecule has 2 heterocycles. The van der Waals surface area contributed by atoms with Crippen molar-refractivity contribution in [1.82, 2.24) is 9.88 Å². The second kappa shape index (κ2) is 4.70. The van der Waals surface area contributed by atoms with Crippen LogP contribution in [0.2, 0.25) is 0 Å². The van der Waals surface area contributed by atoms with E-state index in [2.05, 4.69) is 22.9 Å². The van der Waals surface area contributed by atoms with Gasteiger partial charge in [0.2, 0.25) is 0 Å². The van der Waals surface area contributed by atoms with Gasteiger partial charge in [0.1, 0.15) is 0 Å². The minimum absolute atomic E-state index is 0.203. The van der Waals surface area contributed by atoms with Crippen molar-refractivity contribution in [2.75, 3.05) is 13.1 Å². The number of nitrogens with one attached hydrogen (secondary N) is 1. The molecule has 0 amide bonds. The highest BCUT2D eigenvalue weighted by molar-refractivity contribution is 5.70. The largest absolute Gasteiger partial charge is 0.481 e. The standard InChI is InChI=1S/C12H18N2O2/c1-9(11-5-2-6-13-11)14-7-3-4-10(8-14)12(15)16/h2,5-6,9-10,13H,3-4,7-8H2,1H3,(H,15,16)/t9-,10-/m1/s1. The average Bonchev–Trinajstić information content (AvgIpc) is 2.81. The molecule has 1 fully saturated rings. The first kappa shape index (κ1) is 11.2. The summed E-state index contributed by atoms with van der Waals surface area (Å²) in [5.41, 5.74) is 1.16. The highest BCUT2D eigenvalue weighted by Gasteiger charge is 2.28. The molecule has 0 aromatic carbocycles. The first-order chi connectivity index (χ1) is 7.68. The lowest BCUT2D eigenvalue weighted by Gasteiger charge is -2.34. The number of carbonyl (C=O) groups is 1. The smallest absolute Gasteiger partial charge is 0.307 e. The maximum Gasteiger partial charge on any atom is 0.307 e. The Balaban J connectivity index is 2.01.